The highest BCUT2D eigenvalue weighted by Gasteiger charge is 2.30. The van der Waals surface area contributed by atoms with E-state index in [2.05, 4.69) is 35.3 Å². The van der Waals surface area contributed by atoms with Crippen LogP contribution in [0, 0.1) is 0 Å². The summed E-state index contributed by atoms with van der Waals surface area (Å²) in [6, 6.07) is 17.7. The Bertz CT molecular complexity index is 1180. The van der Waals surface area contributed by atoms with Crippen molar-refractivity contribution in [1.29, 1.82) is 0 Å². The van der Waals surface area contributed by atoms with Gasteiger partial charge >= 0.3 is 0 Å². The van der Waals surface area contributed by atoms with Crippen molar-refractivity contribution < 1.29 is 9.59 Å². The normalized spacial score (nSPS) is 15.9. The van der Waals surface area contributed by atoms with Gasteiger partial charge in [0, 0.05) is 29.8 Å². The van der Waals surface area contributed by atoms with Gasteiger partial charge in [-0.2, -0.15) is 0 Å². The maximum absolute atomic E-state index is 12.6. The zero-order chi connectivity index (χ0) is 19.3. The van der Waals surface area contributed by atoms with Gasteiger partial charge in [-0.05, 0) is 47.1 Å². The maximum atomic E-state index is 12.6. The SMILES string of the molecule is CN1C(=O)c2cccc3c(-c4ccc(C5=CCCC=N5)cc4)ccc(c23)C1=O. The molecule has 0 saturated heterocycles. The minimum absolute atomic E-state index is 0.252. The summed E-state index contributed by atoms with van der Waals surface area (Å²) in [5, 5.41) is 1.67. The molecule has 0 atom stereocenters. The molecule has 3 aromatic carbocycles. The quantitative estimate of drug-likeness (QED) is 0.603. The third-order valence-corrected chi connectivity index (χ3v) is 5.47. The number of allylic oxidation sites excluding steroid dienone is 1. The van der Waals surface area contributed by atoms with E-state index in [0.29, 0.717) is 11.1 Å². The van der Waals surface area contributed by atoms with Gasteiger partial charge in [-0.1, -0.05) is 48.5 Å². The Kier molecular flexibility index (Phi) is 3.72. The number of carbonyl (C=O) groups is 2. The first-order chi connectivity index (χ1) is 13.6. The lowest BCUT2D eigenvalue weighted by molar-refractivity contribution is 0.0650. The molecule has 0 unspecified atom stereocenters. The standard InChI is InChI=1S/C24H18N2O2/c1-26-23(27)19-6-4-5-18-17(12-13-20(22(18)19)24(26)28)15-8-10-16(11-9-15)21-7-2-3-14-25-21/h4-14H,2-3H2,1H3. The Balaban J connectivity index is 1.66. The van der Waals surface area contributed by atoms with Crippen molar-refractivity contribution in [3.05, 3.63) is 77.4 Å². The largest absolute Gasteiger partial charge is 0.277 e. The van der Waals surface area contributed by atoms with Crippen LogP contribution >= 0.6 is 0 Å². The van der Waals surface area contributed by atoms with Gasteiger partial charge in [-0.25, -0.2) is 0 Å². The number of rotatable bonds is 2. The summed E-state index contributed by atoms with van der Waals surface area (Å²) < 4.78 is 0. The first-order valence-electron chi connectivity index (χ1n) is 9.37. The van der Waals surface area contributed by atoms with Crippen LogP contribution in [0.3, 0.4) is 0 Å². The lowest BCUT2D eigenvalue weighted by Gasteiger charge is -2.24. The van der Waals surface area contributed by atoms with Crippen molar-refractivity contribution >= 4 is 34.5 Å². The van der Waals surface area contributed by atoms with Crippen LogP contribution < -0.4 is 0 Å². The second-order valence-electron chi connectivity index (χ2n) is 7.11. The fourth-order valence-corrected chi connectivity index (χ4v) is 3.99. The molecule has 4 heteroatoms. The molecular formula is C24H18N2O2. The van der Waals surface area contributed by atoms with E-state index in [1.54, 1.807) is 6.07 Å². The summed E-state index contributed by atoms with van der Waals surface area (Å²) in [5.74, 6) is -0.504. The van der Waals surface area contributed by atoms with Crippen molar-refractivity contribution in [3.8, 4) is 11.1 Å². The van der Waals surface area contributed by atoms with Crippen LogP contribution in [0.15, 0.2) is 65.7 Å². The van der Waals surface area contributed by atoms with E-state index < -0.39 is 0 Å². The fourth-order valence-electron chi connectivity index (χ4n) is 3.99. The first kappa shape index (κ1) is 16.6. The monoisotopic (exact) mass is 366 g/mol. The van der Waals surface area contributed by atoms with Gasteiger partial charge in [0.05, 0.1) is 5.70 Å². The third-order valence-electron chi connectivity index (χ3n) is 5.47. The van der Waals surface area contributed by atoms with Gasteiger partial charge < -0.3 is 0 Å². The molecule has 0 fully saturated rings. The van der Waals surface area contributed by atoms with Gasteiger partial charge in [0.1, 0.15) is 0 Å². The van der Waals surface area contributed by atoms with Crippen LogP contribution in [0.2, 0.25) is 0 Å². The lowest BCUT2D eigenvalue weighted by Crippen LogP contribution is -2.36. The van der Waals surface area contributed by atoms with Crippen LogP contribution in [-0.4, -0.2) is 30.0 Å². The minimum atomic E-state index is -0.252. The molecule has 4 nitrogen and oxygen atoms in total. The summed E-state index contributed by atoms with van der Waals surface area (Å²) in [6.07, 6.45) is 6.13. The Morgan fingerprint density at radius 3 is 2.18 bits per heavy atom. The molecule has 0 aromatic heterocycles. The molecule has 2 heterocycles. The summed E-state index contributed by atoms with van der Waals surface area (Å²) >= 11 is 0. The number of benzene rings is 3. The van der Waals surface area contributed by atoms with E-state index in [-0.39, 0.29) is 11.8 Å². The Labute approximate surface area is 162 Å². The first-order valence-corrected chi connectivity index (χ1v) is 9.37. The second-order valence-corrected chi connectivity index (χ2v) is 7.11. The predicted octanol–water partition coefficient (Wildman–Crippen LogP) is 4.94. The van der Waals surface area contributed by atoms with E-state index in [9.17, 15) is 9.59 Å². The summed E-state index contributed by atoms with van der Waals surface area (Å²) in [7, 11) is 1.53. The molecule has 136 valence electrons. The molecular weight excluding hydrogens is 348 g/mol. The Morgan fingerprint density at radius 2 is 1.46 bits per heavy atom. The van der Waals surface area contributed by atoms with Crippen molar-refractivity contribution in [1.82, 2.24) is 4.90 Å². The number of nitrogens with zero attached hydrogens (tertiary/aromatic N) is 2. The van der Waals surface area contributed by atoms with Gasteiger partial charge in [0.15, 0.2) is 0 Å². The van der Waals surface area contributed by atoms with E-state index in [0.717, 1.165) is 46.0 Å². The fraction of sp³-hybridized carbons (Fsp3) is 0.125. The number of carbonyl (C=O) groups excluding carboxylic acids is 2. The van der Waals surface area contributed by atoms with Gasteiger partial charge in [0.25, 0.3) is 11.8 Å². The molecule has 0 bridgehead atoms. The molecule has 0 saturated carbocycles. The summed E-state index contributed by atoms with van der Waals surface area (Å²) in [6.45, 7) is 0. The molecule has 5 rings (SSSR count). The van der Waals surface area contributed by atoms with Crippen LogP contribution in [0.25, 0.3) is 27.6 Å². The van der Waals surface area contributed by atoms with Crippen molar-refractivity contribution in [2.75, 3.05) is 7.05 Å². The van der Waals surface area contributed by atoms with Gasteiger partial charge in [-0.15, -0.1) is 0 Å². The molecule has 0 N–H and O–H groups in total. The molecule has 2 aliphatic rings. The minimum Gasteiger partial charge on any atom is -0.277 e. The molecule has 0 aliphatic carbocycles. The zero-order valence-corrected chi connectivity index (χ0v) is 15.5. The molecule has 0 radical (unpaired) electrons. The van der Waals surface area contributed by atoms with Crippen molar-refractivity contribution in [3.63, 3.8) is 0 Å². The molecule has 28 heavy (non-hydrogen) atoms. The molecule has 2 aliphatic heterocycles. The average molecular weight is 366 g/mol. The van der Waals surface area contributed by atoms with E-state index in [1.165, 1.54) is 11.9 Å². The second kappa shape index (κ2) is 6.27. The summed E-state index contributed by atoms with van der Waals surface area (Å²) in [4.78, 5) is 30.8. The highest BCUT2D eigenvalue weighted by molar-refractivity contribution is 6.26. The van der Waals surface area contributed by atoms with E-state index >= 15 is 0 Å². The number of hydrogen-bond acceptors (Lipinski definition) is 3. The van der Waals surface area contributed by atoms with Gasteiger partial charge in [-0.3, -0.25) is 19.5 Å². The van der Waals surface area contributed by atoms with E-state index in [1.807, 2.05) is 30.5 Å². The molecule has 2 amide bonds. The summed E-state index contributed by atoms with van der Waals surface area (Å²) in [5.41, 5.74) is 5.32. The topological polar surface area (TPSA) is 49.7 Å². The molecule has 3 aromatic rings. The lowest BCUT2D eigenvalue weighted by atomic mass is 9.89. The average Bonchev–Trinajstić information content (AvgIpc) is 2.76. The number of aliphatic imine (C=N–C) groups is 1. The smallest absolute Gasteiger partial charge is 0.261 e. The van der Waals surface area contributed by atoms with Crippen molar-refractivity contribution in [2.45, 2.75) is 12.8 Å². The zero-order valence-electron chi connectivity index (χ0n) is 15.5. The third kappa shape index (κ3) is 2.42. The Hall–Kier alpha value is -3.53. The molecule has 0 spiro atoms. The van der Waals surface area contributed by atoms with Gasteiger partial charge in [0.2, 0.25) is 0 Å². The number of hydrogen-bond donors (Lipinski definition) is 0. The Morgan fingerprint density at radius 1 is 0.786 bits per heavy atom. The van der Waals surface area contributed by atoms with E-state index in [4.69, 9.17) is 0 Å². The highest BCUT2D eigenvalue weighted by Crippen LogP contribution is 2.36. The number of imide groups is 1. The van der Waals surface area contributed by atoms with Crippen LogP contribution in [0.4, 0.5) is 0 Å². The van der Waals surface area contributed by atoms with Crippen LogP contribution in [0.1, 0.15) is 39.1 Å². The van der Waals surface area contributed by atoms with Crippen LogP contribution in [0.5, 0.6) is 0 Å². The highest BCUT2D eigenvalue weighted by atomic mass is 16.2. The van der Waals surface area contributed by atoms with Crippen molar-refractivity contribution in [2.24, 2.45) is 4.99 Å². The predicted molar refractivity (Wildman–Crippen MR) is 112 cm³/mol. The maximum Gasteiger partial charge on any atom is 0.261 e. The number of amides is 2. The van der Waals surface area contributed by atoms with Crippen LogP contribution in [-0.2, 0) is 0 Å².